The number of imidazole rings is 1. The third-order valence-corrected chi connectivity index (χ3v) is 6.77. The normalized spacial score (nSPS) is 18.1. The highest BCUT2D eigenvalue weighted by molar-refractivity contribution is 5.94. The Labute approximate surface area is 221 Å². The molecule has 1 aliphatic heterocycles. The molecule has 5 unspecified atom stereocenters. The Morgan fingerprint density at radius 3 is 2.34 bits per heavy atom. The van der Waals surface area contributed by atoms with E-state index in [1.807, 2.05) is 13.8 Å². The van der Waals surface area contributed by atoms with Gasteiger partial charge in [0.2, 0.25) is 17.7 Å². The number of aromatic nitrogens is 2. The molecule has 7 N–H and O–H groups in total. The molecule has 12 nitrogen and oxygen atoms in total. The molecular weight excluding hydrogens is 492 g/mol. The number of phenols is 1. The van der Waals surface area contributed by atoms with Crippen LogP contribution in [0.5, 0.6) is 5.75 Å². The summed E-state index contributed by atoms with van der Waals surface area (Å²) in [5.41, 5.74) is 1.17. The van der Waals surface area contributed by atoms with Gasteiger partial charge in [0.1, 0.15) is 23.9 Å². The van der Waals surface area contributed by atoms with E-state index in [0.29, 0.717) is 24.1 Å². The van der Waals surface area contributed by atoms with Crippen LogP contribution in [-0.4, -0.2) is 74.6 Å². The molecule has 0 saturated carbocycles. The maximum absolute atomic E-state index is 13.4. The van der Waals surface area contributed by atoms with Crippen molar-refractivity contribution in [3.8, 4) is 5.75 Å². The summed E-state index contributed by atoms with van der Waals surface area (Å²) in [5, 5.41) is 30.4. The number of carbonyl (C=O) groups excluding carboxylic acids is 3. The molecule has 1 aromatic carbocycles. The van der Waals surface area contributed by atoms with Crippen LogP contribution in [0.1, 0.15) is 44.4 Å². The molecule has 5 atom stereocenters. The fourth-order valence-corrected chi connectivity index (χ4v) is 4.29. The van der Waals surface area contributed by atoms with Gasteiger partial charge in [0, 0.05) is 24.7 Å². The number of carbonyl (C=O) groups is 4. The smallest absolute Gasteiger partial charge is 0.326 e. The largest absolute Gasteiger partial charge is 0.508 e. The van der Waals surface area contributed by atoms with Crippen LogP contribution in [0.3, 0.4) is 0 Å². The number of hydrogen-bond donors (Lipinski definition) is 7. The fraction of sp³-hybridized carbons (Fsp3) is 0.500. The molecule has 3 rings (SSSR count). The van der Waals surface area contributed by atoms with Crippen LogP contribution < -0.4 is 21.3 Å². The van der Waals surface area contributed by atoms with Crippen LogP contribution >= 0.6 is 0 Å². The second-order valence-electron chi connectivity index (χ2n) is 9.63. The predicted molar refractivity (Wildman–Crippen MR) is 138 cm³/mol. The second-order valence-corrected chi connectivity index (χ2v) is 9.63. The summed E-state index contributed by atoms with van der Waals surface area (Å²) in [4.78, 5) is 58.2. The lowest BCUT2D eigenvalue weighted by atomic mass is 9.97. The Kier molecular flexibility index (Phi) is 10.2. The number of nitrogens with zero attached hydrogens (tertiary/aromatic N) is 1. The average molecular weight is 529 g/mol. The minimum Gasteiger partial charge on any atom is -0.508 e. The maximum Gasteiger partial charge on any atom is 0.326 e. The first-order valence-corrected chi connectivity index (χ1v) is 12.8. The van der Waals surface area contributed by atoms with Gasteiger partial charge in [0.15, 0.2) is 0 Å². The van der Waals surface area contributed by atoms with Crippen LogP contribution in [0.4, 0.5) is 0 Å². The van der Waals surface area contributed by atoms with Gasteiger partial charge in [-0.2, -0.15) is 0 Å². The van der Waals surface area contributed by atoms with E-state index in [4.69, 9.17) is 0 Å². The lowest BCUT2D eigenvalue weighted by molar-refractivity contribution is -0.142. The molecule has 38 heavy (non-hydrogen) atoms. The molecule has 2 heterocycles. The number of hydrogen-bond acceptors (Lipinski definition) is 7. The maximum atomic E-state index is 13.4. The van der Waals surface area contributed by atoms with Crippen LogP contribution in [0.25, 0.3) is 0 Å². The van der Waals surface area contributed by atoms with Gasteiger partial charge >= 0.3 is 5.97 Å². The van der Waals surface area contributed by atoms with Gasteiger partial charge in [0.05, 0.1) is 12.4 Å². The van der Waals surface area contributed by atoms with E-state index < -0.39 is 35.9 Å². The van der Waals surface area contributed by atoms with Crippen molar-refractivity contribution in [2.24, 2.45) is 5.92 Å². The van der Waals surface area contributed by atoms with E-state index in [1.54, 1.807) is 12.1 Å². The molecule has 206 valence electrons. The van der Waals surface area contributed by atoms with Crippen LogP contribution in [0, 0.1) is 5.92 Å². The molecule has 1 aromatic heterocycles. The molecule has 0 aliphatic carbocycles. The molecule has 1 saturated heterocycles. The Hall–Kier alpha value is -3.93. The Morgan fingerprint density at radius 2 is 1.76 bits per heavy atom. The topological polar surface area (TPSA) is 186 Å². The number of aliphatic carboxylic acids is 1. The van der Waals surface area contributed by atoms with Gasteiger partial charge in [-0.1, -0.05) is 32.4 Å². The Bertz CT molecular complexity index is 1080. The van der Waals surface area contributed by atoms with Gasteiger partial charge < -0.3 is 36.5 Å². The van der Waals surface area contributed by atoms with Crippen molar-refractivity contribution in [1.29, 1.82) is 0 Å². The molecule has 2 aromatic rings. The summed E-state index contributed by atoms with van der Waals surface area (Å²) < 4.78 is 0. The zero-order chi connectivity index (χ0) is 27.7. The first-order valence-electron chi connectivity index (χ1n) is 12.8. The Balaban J connectivity index is 1.75. The standard InChI is InChI=1S/C26H36N6O6/c1-3-15(2)22(32-23(34)19-5-4-10-28-19)25(36)30-20(12-17-13-27-14-29-17)24(35)31-21(26(37)38)11-16-6-8-18(33)9-7-16/h6-9,13-15,19-22,28,33H,3-5,10-12H2,1-2H3,(H,27,29)(H,30,36)(H,31,35)(H,32,34)(H,37,38). The SMILES string of the molecule is CCC(C)C(NC(=O)C1CCCN1)C(=O)NC(Cc1cnc[nH]1)C(=O)NC(Cc1ccc(O)cc1)C(=O)O. The van der Waals surface area contributed by atoms with Gasteiger partial charge in [-0.05, 0) is 43.0 Å². The zero-order valence-corrected chi connectivity index (χ0v) is 21.6. The summed E-state index contributed by atoms with van der Waals surface area (Å²) in [5.74, 6) is -2.90. The molecule has 0 radical (unpaired) electrons. The lowest BCUT2D eigenvalue weighted by Gasteiger charge is -2.28. The van der Waals surface area contributed by atoms with Gasteiger partial charge in [0.25, 0.3) is 0 Å². The monoisotopic (exact) mass is 528 g/mol. The van der Waals surface area contributed by atoms with Crippen molar-refractivity contribution in [2.75, 3.05) is 6.54 Å². The van der Waals surface area contributed by atoms with E-state index >= 15 is 0 Å². The third kappa shape index (κ3) is 8.04. The van der Waals surface area contributed by atoms with E-state index in [-0.39, 0.29) is 36.5 Å². The molecule has 1 aliphatic rings. The molecular formula is C26H36N6O6. The fourth-order valence-electron chi connectivity index (χ4n) is 4.29. The van der Waals surface area contributed by atoms with Crippen molar-refractivity contribution in [1.82, 2.24) is 31.2 Å². The molecule has 12 heteroatoms. The van der Waals surface area contributed by atoms with E-state index in [1.165, 1.54) is 24.7 Å². The predicted octanol–water partition coefficient (Wildman–Crippen LogP) is 0.238. The van der Waals surface area contributed by atoms with Crippen molar-refractivity contribution >= 4 is 23.7 Å². The van der Waals surface area contributed by atoms with Crippen molar-refractivity contribution in [3.05, 3.63) is 48.0 Å². The average Bonchev–Trinajstić information content (AvgIpc) is 3.61. The third-order valence-electron chi connectivity index (χ3n) is 6.77. The van der Waals surface area contributed by atoms with Crippen LogP contribution in [0.2, 0.25) is 0 Å². The number of aromatic amines is 1. The number of carboxylic acids is 1. The number of H-pyrrole nitrogens is 1. The number of benzene rings is 1. The summed E-state index contributed by atoms with van der Waals surface area (Å²) in [6.07, 6.45) is 5.13. The minimum atomic E-state index is -1.27. The molecule has 1 fully saturated rings. The Morgan fingerprint density at radius 1 is 1.05 bits per heavy atom. The summed E-state index contributed by atoms with van der Waals surface area (Å²) in [6, 6.07) is 2.36. The number of amides is 3. The highest BCUT2D eigenvalue weighted by Crippen LogP contribution is 2.13. The number of aromatic hydroxyl groups is 1. The van der Waals surface area contributed by atoms with Gasteiger partial charge in [-0.3, -0.25) is 14.4 Å². The first-order chi connectivity index (χ1) is 18.2. The molecule has 3 amide bonds. The van der Waals surface area contributed by atoms with Gasteiger partial charge in [-0.15, -0.1) is 0 Å². The number of nitrogens with one attached hydrogen (secondary N) is 5. The molecule has 0 spiro atoms. The highest BCUT2D eigenvalue weighted by atomic mass is 16.4. The van der Waals surface area contributed by atoms with Gasteiger partial charge in [-0.25, -0.2) is 9.78 Å². The first kappa shape index (κ1) is 28.6. The summed E-state index contributed by atoms with van der Waals surface area (Å²) in [6.45, 7) is 4.48. The second kappa shape index (κ2) is 13.6. The number of rotatable bonds is 13. The molecule has 0 bridgehead atoms. The van der Waals surface area contributed by atoms with E-state index in [9.17, 15) is 29.4 Å². The van der Waals surface area contributed by atoms with E-state index in [2.05, 4.69) is 31.2 Å². The van der Waals surface area contributed by atoms with Crippen molar-refractivity contribution in [2.45, 2.75) is 70.1 Å². The highest BCUT2D eigenvalue weighted by Gasteiger charge is 2.33. The van der Waals surface area contributed by atoms with E-state index in [0.717, 1.165) is 13.0 Å². The lowest BCUT2D eigenvalue weighted by Crippen LogP contribution is -2.59. The quantitative estimate of drug-likeness (QED) is 0.193. The van der Waals surface area contributed by atoms with Crippen molar-refractivity contribution < 1.29 is 29.4 Å². The number of carboxylic acid groups (broad SMARTS) is 1. The van der Waals surface area contributed by atoms with Crippen molar-refractivity contribution in [3.63, 3.8) is 0 Å². The zero-order valence-electron chi connectivity index (χ0n) is 21.6. The summed E-state index contributed by atoms with van der Waals surface area (Å²) in [7, 11) is 0. The van der Waals surface area contributed by atoms with Crippen LogP contribution in [0.15, 0.2) is 36.8 Å². The summed E-state index contributed by atoms with van der Waals surface area (Å²) >= 11 is 0. The van der Waals surface area contributed by atoms with Crippen LogP contribution in [-0.2, 0) is 32.0 Å². The minimum absolute atomic E-state index is 0.0218. The number of phenolic OH excluding ortho intramolecular Hbond substituents is 1.